The lowest BCUT2D eigenvalue weighted by molar-refractivity contribution is -0.112. The van der Waals surface area contributed by atoms with Crippen molar-refractivity contribution in [2.45, 2.75) is 13.2 Å². The van der Waals surface area contributed by atoms with Crippen molar-refractivity contribution in [3.63, 3.8) is 0 Å². The summed E-state index contributed by atoms with van der Waals surface area (Å²) < 4.78 is 24.6. The van der Waals surface area contributed by atoms with Gasteiger partial charge in [-0.3, -0.25) is 4.79 Å². The minimum absolute atomic E-state index is 0.00266. The summed E-state index contributed by atoms with van der Waals surface area (Å²) in [5.41, 5.74) is 0.648. The zero-order valence-electron chi connectivity index (χ0n) is 13.8. The highest BCUT2D eigenvalue weighted by molar-refractivity contribution is 6.55. The molecule has 1 amide bonds. The fourth-order valence-corrected chi connectivity index (χ4v) is 3.33. The molecule has 2 N–H and O–H groups in total. The maximum Gasteiger partial charge on any atom is 0.336 e. The number of anilines is 1. The number of carboxylic acid groups (broad SMARTS) is 1. The monoisotopic (exact) mass is 372 g/mol. The molecule has 4 rings (SSSR count). The maximum absolute atomic E-state index is 14.0. The Balaban J connectivity index is 1.82. The lowest BCUT2D eigenvalue weighted by atomic mass is 10.0. The van der Waals surface area contributed by atoms with E-state index in [-0.39, 0.29) is 42.5 Å². The van der Waals surface area contributed by atoms with Crippen LogP contribution in [-0.4, -0.2) is 34.7 Å². The summed E-state index contributed by atoms with van der Waals surface area (Å²) in [6.45, 7) is 0.0911. The number of fused-ring (bicyclic) bond motifs is 2. The van der Waals surface area contributed by atoms with Crippen molar-refractivity contribution in [1.82, 2.24) is 0 Å². The number of carboxylic acids is 1. The molecule has 2 aromatic rings. The average Bonchev–Trinajstić information content (AvgIpc) is 2.92. The van der Waals surface area contributed by atoms with Crippen molar-refractivity contribution >= 4 is 23.3 Å². The Morgan fingerprint density at radius 1 is 1.33 bits per heavy atom. The number of oxime groups is 1. The molecule has 0 aliphatic carbocycles. The minimum Gasteiger partial charge on any atom is -0.478 e. The van der Waals surface area contributed by atoms with Crippen LogP contribution in [0, 0.1) is 5.82 Å². The Labute approximate surface area is 152 Å². The number of halogens is 1. The van der Waals surface area contributed by atoms with Gasteiger partial charge in [-0.25, -0.2) is 9.18 Å². The van der Waals surface area contributed by atoms with E-state index in [1.165, 1.54) is 35.2 Å². The molecule has 2 aliphatic heterocycles. The first-order valence-corrected chi connectivity index (χ1v) is 7.93. The van der Waals surface area contributed by atoms with E-state index in [9.17, 15) is 24.3 Å². The van der Waals surface area contributed by atoms with E-state index >= 15 is 0 Å². The molecule has 0 spiro atoms. The van der Waals surface area contributed by atoms with Crippen LogP contribution in [0.4, 0.5) is 10.1 Å². The lowest BCUT2D eigenvalue weighted by Gasteiger charge is -2.24. The van der Waals surface area contributed by atoms with Crippen molar-refractivity contribution in [2.75, 3.05) is 11.7 Å². The number of ether oxygens (including phenoxy) is 2. The Morgan fingerprint density at radius 3 is 2.89 bits per heavy atom. The molecule has 0 atom stereocenters. The van der Waals surface area contributed by atoms with Crippen LogP contribution in [0.5, 0.6) is 5.75 Å². The molecule has 27 heavy (non-hydrogen) atoms. The summed E-state index contributed by atoms with van der Waals surface area (Å²) in [5.74, 6) is -2.04. The van der Waals surface area contributed by atoms with E-state index in [0.29, 0.717) is 16.9 Å². The van der Waals surface area contributed by atoms with Crippen LogP contribution in [0.1, 0.15) is 27.0 Å². The van der Waals surface area contributed by atoms with Crippen molar-refractivity contribution in [3.05, 3.63) is 58.4 Å². The smallest absolute Gasteiger partial charge is 0.336 e. The molecule has 9 heteroatoms. The van der Waals surface area contributed by atoms with Crippen molar-refractivity contribution in [3.8, 4) is 5.75 Å². The Bertz CT molecular complexity index is 1000. The van der Waals surface area contributed by atoms with Crippen LogP contribution in [0.2, 0.25) is 0 Å². The maximum atomic E-state index is 14.0. The molecule has 8 nitrogen and oxygen atoms in total. The largest absolute Gasteiger partial charge is 0.478 e. The number of hydrogen-bond donors (Lipinski definition) is 2. The van der Waals surface area contributed by atoms with Gasteiger partial charge in [0, 0.05) is 16.7 Å². The van der Waals surface area contributed by atoms with Crippen LogP contribution in [0.25, 0.3) is 0 Å². The van der Waals surface area contributed by atoms with Gasteiger partial charge >= 0.3 is 5.97 Å². The first-order valence-electron chi connectivity index (χ1n) is 7.93. The highest BCUT2D eigenvalue weighted by atomic mass is 19.1. The fourth-order valence-electron chi connectivity index (χ4n) is 3.33. The predicted molar refractivity (Wildman–Crippen MR) is 89.6 cm³/mol. The third-order valence-electron chi connectivity index (χ3n) is 4.43. The predicted octanol–water partition coefficient (Wildman–Crippen LogP) is 2.12. The van der Waals surface area contributed by atoms with Gasteiger partial charge < -0.3 is 24.7 Å². The second-order valence-electron chi connectivity index (χ2n) is 6.01. The Hall–Kier alpha value is -3.46. The van der Waals surface area contributed by atoms with Crippen LogP contribution < -0.4 is 9.64 Å². The summed E-state index contributed by atoms with van der Waals surface area (Å²) in [7, 11) is 0. The van der Waals surface area contributed by atoms with Gasteiger partial charge in [0.1, 0.15) is 11.6 Å². The van der Waals surface area contributed by atoms with Gasteiger partial charge in [0.2, 0.25) is 0 Å². The highest BCUT2D eigenvalue weighted by Gasteiger charge is 2.38. The molecule has 0 unspecified atom stereocenters. The Kier molecular flexibility index (Phi) is 4.00. The minimum atomic E-state index is -1.26. The van der Waals surface area contributed by atoms with Crippen LogP contribution in [-0.2, 0) is 22.7 Å². The van der Waals surface area contributed by atoms with Gasteiger partial charge in [-0.15, -0.1) is 0 Å². The van der Waals surface area contributed by atoms with E-state index in [2.05, 4.69) is 5.16 Å². The van der Waals surface area contributed by atoms with Gasteiger partial charge in [0.05, 0.1) is 24.4 Å². The molecule has 2 heterocycles. The van der Waals surface area contributed by atoms with Crippen molar-refractivity contribution in [2.24, 2.45) is 5.16 Å². The van der Waals surface area contributed by atoms with Gasteiger partial charge in [0.15, 0.2) is 12.5 Å². The average molecular weight is 372 g/mol. The standard InChI is InChI=1S/C18H13FN2O6/c19-11-4-9(16-10(5-11)7-26-8-27-16)6-21-13-3-1-2-12(18(23)24)14(13)15(20-25)17(21)22/h1-5,25H,6-8H2,(H,23,24)/b20-15-. The molecule has 0 aromatic heterocycles. The number of hydrogen-bond acceptors (Lipinski definition) is 6. The van der Waals surface area contributed by atoms with E-state index in [1.54, 1.807) is 0 Å². The van der Waals surface area contributed by atoms with Gasteiger partial charge in [-0.2, -0.15) is 0 Å². The number of carbonyl (C=O) groups excluding carboxylic acids is 1. The summed E-state index contributed by atoms with van der Waals surface area (Å²) in [5, 5.41) is 21.6. The summed E-state index contributed by atoms with van der Waals surface area (Å²) in [6.07, 6.45) is 0. The molecule has 0 fully saturated rings. The normalized spacial score (nSPS) is 16.9. The molecule has 2 aliphatic rings. The van der Waals surface area contributed by atoms with Gasteiger partial charge in [-0.1, -0.05) is 11.2 Å². The summed E-state index contributed by atoms with van der Waals surface area (Å²) >= 11 is 0. The van der Waals surface area contributed by atoms with E-state index in [4.69, 9.17) is 9.47 Å². The fraction of sp³-hybridized carbons (Fsp3) is 0.167. The number of rotatable bonds is 3. The molecule has 2 aromatic carbocycles. The molecule has 0 saturated carbocycles. The van der Waals surface area contributed by atoms with E-state index in [0.717, 1.165) is 0 Å². The van der Waals surface area contributed by atoms with Crippen LogP contribution >= 0.6 is 0 Å². The highest BCUT2D eigenvalue weighted by Crippen LogP contribution is 2.36. The van der Waals surface area contributed by atoms with Gasteiger partial charge in [0.25, 0.3) is 5.91 Å². The zero-order valence-corrected chi connectivity index (χ0v) is 13.8. The van der Waals surface area contributed by atoms with E-state index < -0.39 is 17.7 Å². The quantitative estimate of drug-likeness (QED) is 0.631. The number of carbonyl (C=O) groups is 2. The van der Waals surface area contributed by atoms with Gasteiger partial charge in [-0.05, 0) is 24.3 Å². The molecule has 138 valence electrons. The molecular weight excluding hydrogens is 359 g/mol. The van der Waals surface area contributed by atoms with Crippen LogP contribution in [0.15, 0.2) is 35.5 Å². The lowest BCUT2D eigenvalue weighted by Crippen LogP contribution is -2.30. The second-order valence-corrected chi connectivity index (χ2v) is 6.01. The first-order chi connectivity index (χ1) is 13.0. The van der Waals surface area contributed by atoms with E-state index in [1.807, 2.05) is 0 Å². The Morgan fingerprint density at radius 2 is 2.15 bits per heavy atom. The molecule has 0 saturated heterocycles. The number of amides is 1. The summed E-state index contributed by atoms with van der Waals surface area (Å²) in [6, 6.07) is 6.86. The third-order valence-corrected chi connectivity index (χ3v) is 4.43. The molecule has 0 bridgehead atoms. The van der Waals surface area contributed by atoms with Crippen molar-refractivity contribution < 1.29 is 33.8 Å². The molecular formula is C18H13FN2O6. The summed E-state index contributed by atoms with van der Waals surface area (Å²) in [4.78, 5) is 25.4. The topological polar surface area (TPSA) is 109 Å². The number of aromatic carboxylic acids is 1. The first kappa shape index (κ1) is 17.0. The number of nitrogens with zero attached hydrogens (tertiary/aromatic N) is 2. The van der Waals surface area contributed by atoms with Crippen LogP contribution in [0.3, 0.4) is 0 Å². The van der Waals surface area contributed by atoms with Crippen molar-refractivity contribution in [1.29, 1.82) is 0 Å². The SMILES string of the molecule is O=C(O)c1cccc2c1/C(=N/O)C(=O)N2Cc1cc(F)cc2c1OCOC2. The number of benzene rings is 2. The zero-order chi connectivity index (χ0) is 19.1. The third kappa shape index (κ3) is 2.68. The molecule has 0 radical (unpaired) electrons. The second kappa shape index (κ2) is 6.36.